The fourth-order valence-electron chi connectivity index (χ4n) is 1.32. The molecule has 21 heavy (non-hydrogen) atoms. The van der Waals surface area contributed by atoms with Crippen LogP contribution < -0.4 is 4.18 Å². The minimum atomic E-state index is -4.78. The topological polar surface area (TPSA) is 56.3 Å². The monoisotopic (exact) mass is 325 g/mol. The van der Waals surface area contributed by atoms with Gasteiger partial charge in [0.1, 0.15) is 4.90 Å². The maximum absolute atomic E-state index is 13.3. The summed E-state index contributed by atoms with van der Waals surface area (Å²) in [5, 5.41) is 0. The third-order valence-corrected chi connectivity index (χ3v) is 3.54. The summed E-state index contributed by atoms with van der Waals surface area (Å²) in [5.41, 5.74) is 0. The zero-order chi connectivity index (χ0) is 15.8. The minimum Gasteiger partial charge on any atom is -0.372 e. The number of hydrogen-bond acceptors (Lipinski definition) is 4. The molecular weight excluding hydrogens is 321 g/mol. The van der Waals surface area contributed by atoms with Crippen LogP contribution in [0.2, 0.25) is 0 Å². The lowest BCUT2D eigenvalue weighted by atomic mass is 10.3. The van der Waals surface area contributed by atoms with Gasteiger partial charge in [-0.25, -0.2) is 13.2 Å². The molecule has 0 bridgehead atoms. The molecule has 0 saturated carbocycles. The molecule has 0 N–H and O–H groups in total. The number of hydrogen-bond donors (Lipinski definition) is 0. The Morgan fingerprint density at radius 2 is 1.24 bits per heavy atom. The molecule has 0 aliphatic heterocycles. The summed E-state index contributed by atoms with van der Waals surface area (Å²) in [5.74, 6) is -13.7. The van der Waals surface area contributed by atoms with E-state index in [9.17, 15) is 30.4 Å². The zero-order valence-electron chi connectivity index (χ0n) is 9.78. The first-order valence-corrected chi connectivity index (χ1v) is 6.52. The third kappa shape index (κ3) is 2.66. The van der Waals surface area contributed by atoms with E-state index in [2.05, 4.69) is 9.17 Å². The summed E-state index contributed by atoms with van der Waals surface area (Å²) in [6.45, 7) is 0. The highest BCUT2D eigenvalue weighted by atomic mass is 32.2. The Balaban J connectivity index is 2.55. The maximum atomic E-state index is 13.3. The van der Waals surface area contributed by atoms with Gasteiger partial charge in [0.25, 0.3) is 0 Å². The molecule has 0 saturated heterocycles. The van der Waals surface area contributed by atoms with E-state index in [-0.39, 0.29) is 0 Å². The quantitative estimate of drug-likeness (QED) is 0.377. The molecule has 0 unspecified atom stereocenters. The lowest BCUT2D eigenvalue weighted by Crippen LogP contribution is -2.14. The van der Waals surface area contributed by atoms with Gasteiger partial charge in [-0.05, 0) is 12.1 Å². The molecule has 2 aromatic rings. The van der Waals surface area contributed by atoms with Crippen molar-refractivity contribution in [2.45, 2.75) is 4.90 Å². The molecule has 0 aliphatic carbocycles. The van der Waals surface area contributed by atoms with Crippen molar-refractivity contribution in [3.63, 3.8) is 0 Å². The Hall–Kier alpha value is -2.23. The minimum absolute atomic E-state index is 0.568. The van der Waals surface area contributed by atoms with Crippen LogP contribution in [0, 0.1) is 29.1 Å². The van der Waals surface area contributed by atoms with Crippen LogP contribution in [0.1, 0.15) is 0 Å². The molecule has 10 heteroatoms. The number of aromatic nitrogens is 1. The average Bonchev–Trinajstić information content (AvgIpc) is 2.48. The van der Waals surface area contributed by atoms with Gasteiger partial charge in [-0.2, -0.15) is 17.2 Å². The smallest absolute Gasteiger partial charge is 0.339 e. The molecule has 112 valence electrons. The molecule has 1 heterocycles. The second-order valence-electron chi connectivity index (χ2n) is 3.62. The van der Waals surface area contributed by atoms with E-state index in [0.717, 1.165) is 24.5 Å². The van der Waals surface area contributed by atoms with Crippen LogP contribution in [0.15, 0.2) is 29.4 Å². The molecule has 4 nitrogen and oxygen atoms in total. The van der Waals surface area contributed by atoms with Crippen molar-refractivity contribution < 1.29 is 34.6 Å². The van der Waals surface area contributed by atoms with Gasteiger partial charge in [0.05, 0.1) is 0 Å². The van der Waals surface area contributed by atoms with Gasteiger partial charge >= 0.3 is 10.1 Å². The highest BCUT2D eigenvalue weighted by Gasteiger charge is 2.30. The van der Waals surface area contributed by atoms with Gasteiger partial charge in [0, 0.05) is 12.4 Å². The lowest BCUT2D eigenvalue weighted by Gasteiger charge is -2.10. The number of halogens is 5. The standard InChI is InChI=1S/C11H4F5NO3S/c12-6-7(13)9(15)11(10(16)8(6)14)20-21(18,19)5-1-3-17-4-2-5/h1-4H. The molecule has 0 radical (unpaired) electrons. The largest absolute Gasteiger partial charge is 0.372 e. The van der Waals surface area contributed by atoms with E-state index in [4.69, 9.17) is 0 Å². The normalized spacial score (nSPS) is 11.5. The van der Waals surface area contributed by atoms with Gasteiger partial charge in [0.2, 0.25) is 34.8 Å². The fourth-order valence-corrected chi connectivity index (χ4v) is 2.24. The van der Waals surface area contributed by atoms with Gasteiger partial charge in [-0.15, -0.1) is 0 Å². The van der Waals surface area contributed by atoms with Crippen LogP contribution in [0.25, 0.3) is 0 Å². The van der Waals surface area contributed by atoms with E-state index >= 15 is 0 Å². The molecule has 1 aromatic heterocycles. The summed E-state index contributed by atoms with van der Waals surface area (Å²) in [6.07, 6.45) is 2.07. The Bertz CT molecular complexity index is 766. The van der Waals surface area contributed by atoms with E-state index in [1.807, 2.05) is 0 Å². The molecule has 0 fully saturated rings. The third-order valence-electron chi connectivity index (χ3n) is 2.30. The Kier molecular flexibility index (Phi) is 3.81. The SMILES string of the molecule is O=S(=O)(Oc1c(F)c(F)c(F)c(F)c1F)c1ccncc1. The molecule has 0 amide bonds. The summed E-state index contributed by atoms with van der Waals surface area (Å²) in [6, 6.07) is 1.84. The summed E-state index contributed by atoms with van der Waals surface area (Å²) in [7, 11) is -4.78. The van der Waals surface area contributed by atoms with Crippen LogP contribution in [0.4, 0.5) is 22.0 Å². The van der Waals surface area contributed by atoms with Crippen LogP contribution in [0.3, 0.4) is 0 Å². The molecule has 0 aliphatic rings. The van der Waals surface area contributed by atoms with Crippen molar-refractivity contribution in [1.29, 1.82) is 0 Å². The first-order chi connectivity index (χ1) is 9.75. The predicted octanol–water partition coefficient (Wildman–Crippen LogP) is 2.54. The second-order valence-corrected chi connectivity index (χ2v) is 5.17. The summed E-state index contributed by atoms with van der Waals surface area (Å²) in [4.78, 5) is 2.94. The van der Waals surface area contributed by atoms with Gasteiger partial charge in [-0.1, -0.05) is 0 Å². The van der Waals surface area contributed by atoms with Crippen molar-refractivity contribution in [2.75, 3.05) is 0 Å². The number of nitrogens with zero attached hydrogens (tertiary/aromatic N) is 1. The Labute approximate surface area is 114 Å². The van der Waals surface area contributed by atoms with Gasteiger partial charge < -0.3 is 4.18 Å². The first kappa shape index (κ1) is 15.2. The maximum Gasteiger partial charge on any atom is 0.339 e. The van der Waals surface area contributed by atoms with E-state index in [1.165, 1.54) is 0 Å². The van der Waals surface area contributed by atoms with Gasteiger partial charge in [0.15, 0.2) is 0 Å². The Morgan fingerprint density at radius 3 is 1.71 bits per heavy atom. The highest BCUT2D eigenvalue weighted by Crippen LogP contribution is 2.31. The second kappa shape index (κ2) is 5.28. The van der Waals surface area contributed by atoms with Crippen molar-refractivity contribution in [2.24, 2.45) is 0 Å². The zero-order valence-corrected chi connectivity index (χ0v) is 10.6. The molecule has 0 atom stereocenters. The number of benzene rings is 1. The molecule has 2 rings (SSSR count). The van der Waals surface area contributed by atoms with E-state index < -0.39 is 49.8 Å². The number of pyridine rings is 1. The van der Waals surface area contributed by atoms with E-state index in [0.29, 0.717) is 0 Å². The van der Waals surface area contributed by atoms with E-state index in [1.54, 1.807) is 0 Å². The van der Waals surface area contributed by atoms with Crippen LogP contribution in [0.5, 0.6) is 5.75 Å². The van der Waals surface area contributed by atoms with Crippen LogP contribution in [-0.2, 0) is 10.1 Å². The molecular formula is C11H4F5NO3S. The molecule has 0 spiro atoms. The summed E-state index contributed by atoms with van der Waals surface area (Å²) >= 11 is 0. The number of rotatable bonds is 3. The van der Waals surface area contributed by atoms with Crippen LogP contribution in [-0.4, -0.2) is 13.4 Å². The van der Waals surface area contributed by atoms with Crippen LogP contribution >= 0.6 is 0 Å². The summed E-state index contributed by atoms with van der Waals surface area (Å²) < 4.78 is 92.7. The molecule has 1 aromatic carbocycles. The van der Waals surface area contributed by atoms with Crippen molar-refractivity contribution >= 4 is 10.1 Å². The van der Waals surface area contributed by atoms with Crippen molar-refractivity contribution in [3.05, 3.63) is 53.6 Å². The fraction of sp³-hybridized carbons (Fsp3) is 0. The first-order valence-electron chi connectivity index (χ1n) is 5.11. The van der Waals surface area contributed by atoms with Crippen molar-refractivity contribution in [1.82, 2.24) is 4.98 Å². The Morgan fingerprint density at radius 1 is 0.810 bits per heavy atom. The lowest BCUT2D eigenvalue weighted by molar-refractivity contribution is 0.346. The highest BCUT2D eigenvalue weighted by molar-refractivity contribution is 7.87. The predicted molar refractivity (Wildman–Crippen MR) is 58.3 cm³/mol. The van der Waals surface area contributed by atoms with Gasteiger partial charge in [-0.3, -0.25) is 4.98 Å². The average molecular weight is 325 g/mol. The van der Waals surface area contributed by atoms with Crippen molar-refractivity contribution in [3.8, 4) is 5.75 Å².